The van der Waals surface area contributed by atoms with Crippen LogP contribution >= 0.6 is 0 Å². The Bertz CT molecular complexity index is 457. The molecule has 0 aliphatic rings. The van der Waals surface area contributed by atoms with E-state index in [4.69, 9.17) is 5.11 Å². The van der Waals surface area contributed by atoms with Gasteiger partial charge in [0.2, 0.25) is 5.82 Å². The smallest absolute Gasteiger partial charge is 0.330 e. The Kier molecular flexibility index (Phi) is 4.24. The summed E-state index contributed by atoms with van der Waals surface area (Å²) in [6, 6.07) is -0.144. The van der Waals surface area contributed by atoms with E-state index in [0.717, 1.165) is 0 Å². The Labute approximate surface area is 104 Å². The zero-order valence-corrected chi connectivity index (χ0v) is 10.5. The van der Waals surface area contributed by atoms with Gasteiger partial charge in [0.25, 0.3) is 0 Å². The van der Waals surface area contributed by atoms with E-state index in [1.807, 2.05) is 6.92 Å². The number of aryl methyl sites for hydroxylation is 1. The number of anilines is 1. The molecule has 0 aliphatic carbocycles. The van der Waals surface area contributed by atoms with Crippen molar-refractivity contribution in [1.29, 1.82) is 0 Å². The first-order chi connectivity index (χ1) is 8.36. The highest BCUT2D eigenvalue weighted by molar-refractivity contribution is 5.75. The third-order valence-electron chi connectivity index (χ3n) is 2.69. The predicted molar refractivity (Wildman–Crippen MR) is 64.6 cm³/mol. The van der Waals surface area contributed by atoms with Gasteiger partial charge in [0.15, 0.2) is 0 Å². The summed E-state index contributed by atoms with van der Waals surface area (Å²) in [7, 11) is 1.56. The summed E-state index contributed by atoms with van der Waals surface area (Å²) >= 11 is 0. The van der Waals surface area contributed by atoms with E-state index in [0.29, 0.717) is 6.42 Å². The third kappa shape index (κ3) is 2.96. The molecule has 0 saturated carbocycles. The van der Waals surface area contributed by atoms with Crippen LogP contribution in [0.3, 0.4) is 0 Å². The van der Waals surface area contributed by atoms with E-state index in [2.05, 4.69) is 5.10 Å². The van der Waals surface area contributed by atoms with Crippen LogP contribution in [0.1, 0.15) is 20.3 Å². The van der Waals surface area contributed by atoms with Gasteiger partial charge in [-0.2, -0.15) is 0 Å². The fraction of sp³-hybridized carbons (Fsp3) is 0.600. The number of carboxylic acid groups (broad SMARTS) is 1. The molecule has 1 heterocycles. The van der Waals surface area contributed by atoms with Gasteiger partial charge in [0.1, 0.15) is 12.7 Å². The molecule has 0 aliphatic heterocycles. The van der Waals surface area contributed by atoms with Crippen LogP contribution in [-0.2, 0) is 11.8 Å². The normalized spacial score (nSPS) is 12.2. The van der Waals surface area contributed by atoms with E-state index < -0.39 is 10.9 Å². The lowest BCUT2D eigenvalue weighted by molar-refractivity contribution is -0.384. The van der Waals surface area contributed by atoms with Crippen molar-refractivity contribution in [2.45, 2.75) is 26.3 Å². The van der Waals surface area contributed by atoms with Crippen molar-refractivity contribution >= 4 is 17.5 Å². The summed E-state index contributed by atoms with van der Waals surface area (Å²) < 4.78 is 1.31. The standard InChI is InChI=1S/C10H16N4O4/c1-4-7(2)13(6-9(15)16)10-8(14(17)18)5-12(3)11-10/h5,7H,4,6H2,1-3H3,(H,15,16). The molecule has 1 atom stereocenters. The number of aromatic nitrogens is 2. The summed E-state index contributed by atoms with van der Waals surface area (Å²) in [5.74, 6) is -0.950. The highest BCUT2D eigenvalue weighted by atomic mass is 16.6. The number of nitro groups is 1. The molecule has 1 N–H and O–H groups in total. The van der Waals surface area contributed by atoms with E-state index in [1.165, 1.54) is 15.8 Å². The molecule has 8 heteroatoms. The topological polar surface area (TPSA) is 102 Å². The molecule has 1 unspecified atom stereocenters. The maximum atomic E-state index is 10.9. The van der Waals surface area contributed by atoms with Crippen molar-refractivity contribution in [3.8, 4) is 0 Å². The van der Waals surface area contributed by atoms with Crippen molar-refractivity contribution < 1.29 is 14.8 Å². The minimum atomic E-state index is -1.05. The molecular weight excluding hydrogens is 240 g/mol. The summed E-state index contributed by atoms with van der Waals surface area (Å²) in [4.78, 5) is 22.6. The summed E-state index contributed by atoms with van der Waals surface area (Å²) in [5.41, 5.74) is -0.181. The van der Waals surface area contributed by atoms with Crippen LogP contribution in [0.4, 0.5) is 11.5 Å². The fourth-order valence-corrected chi connectivity index (χ4v) is 1.60. The van der Waals surface area contributed by atoms with Gasteiger partial charge in [0.05, 0.1) is 4.92 Å². The number of hydrogen-bond donors (Lipinski definition) is 1. The average molecular weight is 256 g/mol. The highest BCUT2D eigenvalue weighted by Crippen LogP contribution is 2.27. The molecule has 0 saturated heterocycles. The maximum Gasteiger partial charge on any atom is 0.330 e. The van der Waals surface area contributed by atoms with Gasteiger partial charge in [-0.05, 0) is 13.3 Å². The second kappa shape index (κ2) is 5.48. The van der Waals surface area contributed by atoms with Gasteiger partial charge < -0.3 is 10.0 Å². The molecule has 1 aromatic rings. The number of aliphatic carboxylic acids is 1. The SMILES string of the molecule is CCC(C)N(CC(=O)O)c1nn(C)cc1[N+](=O)[O-]. The Balaban J connectivity index is 3.19. The van der Waals surface area contributed by atoms with Gasteiger partial charge in [-0.1, -0.05) is 6.92 Å². The predicted octanol–water partition coefficient (Wildman–Crippen LogP) is 1.02. The molecule has 0 spiro atoms. The maximum absolute atomic E-state index is 10.9. The number of rotatable bonds is 6. The van der Waals surface area contributed by atoms with Crippen LogP contribution in [0, 0.1) is 10.1 Å². The first kappa shape index (κ1) is 13.9. The molecule has 0 radical (unpaired) electrons. The van der Waals surface area contributed by atoms with Crippen molar-refractivity contribution in [1.82, 2.24) is 9.78 Å². The Hall–Kier alpha value is -2.12. The second-order valence-electron chi connectivity index (χ2n) is 4.05. The summed E-state index contributed by atoms with van der Waals surface area (Å²) in [5, 5.41) is 23.8. The minimum absolute atomic E-state index is 0.0965. The zero-order valence-electron chi connectivity index (χ0n) is 10.5. The minimum Gasteiger partial charge on any atom is -0.480 e. The molecule has 1 aromatic heterocycles. The summed E-state index contributed by atoms with van der Waals surface area (Å²) in [6.07, 6.45) is 1.94. The molecule has 0 fully saturated rings. The first-order valence-electron chi connectivity index (χ1n) is 5.53. The van der Waals surface area contributed by atoms with Gasteiger partial charge in [0, 0.05) is 13.1 Å². The van der Waals surface area contributed by atoms with E-state index in [-0.39, 0.29) is 24.1 Å². The Morgan fingerprint density at radius 1 is 1.72 bits per heavy atom. The molecule has 18 heavy (non-hydrogen) atoms. The quantitative estimate of drug-likeness (QED) is 0.602. The second-order valence-corrected chi connectivity index (χ2v) is 4.05. The van der Waals surface area contributed by atoms with E-state index in [9.17, 15) is 14.9 Å². The van der Waals surface area contributed by atoms with Crippen LogP contribution in [0.2, 0.25) is 0 Å². The molecule has 0 bridgehead atoms. The molecule has 0 aromatic carbocycles. The van der Waals surface area contributed by atoms with E-state index >= 15 is 0 Å². The lowest BCUT2D eigenvalue weighted by atomic mass is 10.2. The van der Waals surface area contributed by atoms with E-state index in [1.54, 1.807) is 14.0 Å². The Morgan fingerprint density at radius 2 is 2.33 bits per heavy atom. The van der Waals surface area contributed by atoms with Crippen LogP contribution < -0.4 is 4.90 Å². The van der Waals surface area contributed by atoms with Gasteiger partial charge >= 0.3 is 11.7 Å². The van der Waals surface area contributed by atoms with Crippen molar-refractivity contribution in [3.63, 3.8) is 0 Å². The van der Waals surface area contributed by atoms with Crippen molar-refractivity contribution in [2.75, 3.05) is 11.4 Å². The number of nitrogens with zero attached hydrogens (tertiary/aromatic N) is 4. The van der Waals surface area contributed by atoms with Crippen molar-refractivity contribution in [2.24, 2.45) is 7.05 Å². The van der Waals surface area contributed by atoms with Gasteiger partial charge in [-0.3, -0.25) is 19.6 Å². The Morgan fingerprint density at radius 3 is 2.78 bits per heavy atom. The highest BCUT2D eigenvalue weighted by Gasteiger charge is 2.28. The average Bonchev–Trinajstić information content (AvgIpc) is 2.66. The van der Waals surface area contributed by atoms with Crippen molar-refractivity contribution in [3.05, 3.63) is 16.3 Å². The fourth-order valence-electron chi connectivity index (χ4n) is 1.60. The number of hydrogen-bond acceptors (Lipinski definition) is 5. The van der Waals surface area contributed by atoms with Crippen LogP contribution in [-0.4, -0.2) is 38.4 Å². The monoisotopic (exact) mass is 256 g/mol. The number of carbonyl (C=O) groups is 1. The first-order valence-corrected chi connectivity index (χ1v) is 5.53. The van der Waals surface area contributed by atoms with Gasteiger partial charge in [-0.15, -0.1) is 5.10 Å². The molecule has 1 rings (SSSR count). The lowest BCUT2D eigenvalue weighted by Crippen LogP contribution is -2.37. The largest absolute Gasteiger partial charge is 0.480 e. The molecule has 0 amide bonds. The lowest BCUT2D eigenvalue weighted by Gasteiger charge is -2.25. The van der Waals surface area contributed by atoms with Gasteiger partial charge in [-0.25, -0.2) is 0 Å². The third-order valence-corrected chi connectivity index (χ3v) is 2.69. The number of carboxylic acids is 1. The molecule has 100 valence electrons. The molecule has 8 nitrogen and oxygen atoms in total. The van der Waals surface area contributed by atoms with Crippen LogP contribution in [0.25, 0.3) is 0 Å². The summed E-state index contributed by atoms with van der Waals surface area (Å²) in [6.45, 7) is 3.38. The molecular formula is C10H16N4O4. The zero-order chi connectivity index (χ0) is 13.9. The van der Waals surface area contributed by atoms with Crippen LogP contribution in [0.15, 0.2) is 6.20 Å². The van der Waals surface area contributed by atoms with Crippen LogP contribution in [0.5, 0.6) is 0 Å².